The second-order valence-corrected chi connectivity index (χ2v) is 10.2. The van der Waals surface area contributed by atoms with Crippen molar-refractivity contribution in [1.29, 1.82) is 0 Å². The van der Waals surface area contributed by atoms with Gasteiger partial charge in [-0.1, -0.05) is 47.7 Å². The highest BCUT2D eigenvalue weighted by molar-refractivity contribution is 7.14. The fourth-order valence-electron chi connectivity index (χ4n) is 4.59. The molecule has 0 aliphatic carbocycles. The highest BCUT2D eigenvalue weighted by Crippen LogP contribution is 2.38. The number of carbonyl (C=O) groups is 2. The van der Waals surface area contributed by atoms with Crippen LogP contribution in [0, 0.1) is 16.9 Å². The molecule has 1 atom stereocenters. The van der Waals surface area contributed by atoms with Crippen LogP contribution < -0.4 is 4.90 Å². The van der Waals surface area contributed by atoms with E-state index >= 15 is 4.39 Å². The van der Waals surface area contributed by atoms with Crippen molar-refractivity contribution in [2.24, 2.45) is 13.0 Å². The van der Waals surface area contributed by atoms with E-state index in [1.165, 1.54) is 24.1 Å². The van der Waals surface area contributed by atoms with Gasteiger partial charge in [-0.3, -0.25) is 14.5 Å². The van der Waals surface area contributed by atoms with Gasteiger partial charge in [-0.25, -0.2) is 14.4 Å². The number of thiazole rings is 1. The van der Waals surface area contributed by atoms with Gasteiger partial charge in [0.15, 0.2) is 5.13 Å². The standard InChI is InChI=1S/C29H24F2N4O3S/c1-34-11-10-18-13-20(16-32-27(18)34)22-9-8-21(30)15-23(22)25-26(31)39-29(33-25)35(2)28(38)19(14-24(36)37)12-17-6-4-3-5-7-17/h3-11,13,15-16,19H,12,14H2,1-2H3,(H,36,37). The summed E-state index contributed by atoms with van der Waals surface area (Å²) in [5.41, 5.74) is 2.90. The van der Waals surface area contributed by atoms with Gasteiger partial charge in [0.2, 0.25) is 11.0 Å². The number of benzene rings is 2. The van der Waals surface area contributed by atoms with Gasteiger partial charge in [0.05, 0.1) is 12.3 Å². The monoisotopic (exact) mass is 546 g/mol. The van der Waals surface area contributed by atoms with Crippen LogP contribution in [0.2, 0.25) is 0 Å². The van der Waals surface area contributed by atoms with E-state index < -0.39 is 28.7 Å². The molecule has 1 N–H and O–H groups in total. The van der Waals surface area contributed by atoms with Crippen LogP contribution in [0.5, 0.6) is 0 Å². The van der Waals surface area contributed by atoms with Gasteiger partial charge in [-0.2, -0.15) is 4.39 Å². The molecule has 0 spiro atoms. The van der Waals surface area contributed by atoms with Crippen LogP contribution in [0.15, 0.2) is 73.1 Å². The summed E-state index contributed by atoms with van der Waals surface area (Å²) in [6.07, 6.45) is 3.34. The Labute approximate surface area is 227 Å². The molecule has 10 heteroatoms. The minimum atomic E-state index is -1.11. The van der Waals surface area contributed by atoms with E-state index in [0.717, 1.165) is 16.6 Å². The number of hydrogen-bond donors (Lipinski definition) is 1. The number of halogens is 2. The molecular weight excluding hydrogens is 522 g/mol. The van der Waals surface area contributed by atoms with Crippen molar-refractivity contribution in [1.82, 2.24) is 14.5 Å². The topological polar surface area (TPSA) is 88.3 Å². The maximum atomic E-state index is 15.3. The van der Waals surface area contributed by atoms with Crippen molar-refractivity contribution in [2.75, 3.05) is 11.9 Å². The van der Waals surface area contributed by atoms with Gasteiger partial charge >= 0.3 is 5.97 Å². The first kappa shape index (κ1) is 26.2. The third-order valence-electron chi connectivity index (χ3n) is 6.54. The van der Waals surface area contributed by atoms with Gasteiger partial charge in [0.25, 0.3) is 0 Å². The van der Waals surface area contributed by atoms with Gasteiger partial charge in [0.1, 0.15) is 17.2 Å². The normalized spacial score (nSPS) is 12.0. The number of aromatic nitrogens is 3. The molecule has 5 rings (SSSR count). The second-order valence-electron chi connectivity index (χ2n) is 9.25. The predicted molar refractivity (Wildman–Crippen MR) is 146 cm³/mol. The third-order valence-corrected chi connectivity index (χ3v) is 7.46. The average Bonchev–Trinajstić information content (AvgIpc) is 3.49. The van der Waals surface area contributed by atoms with Crippen molar-refractivity contribution in [3.05, 3.63) is 89.6 Å². The largest absolute Gasteiger partial charge is 0.481 e. The maximum absolute atomic E-state index is 15.3. The molecule has 0 fully saturated rings. The van der Waals surface area contributed by atoms with Crippen molar-refractivity contribution in [3.63, 3.8) is 0 Å². The molecule has 3 aromatic heterocycles. The molecular formula is C29H24F2N4O3S. The summed E-state index contributed by atoms with van der Waals surface area (Å²) in [7, 11) is 3.31. The third kappa shape index (κ3) is 5.42. The van der Waals surface area contributed by atoms with E-state index in [-0.39, 0.29) is 29.2 Å². The SMILES string of the molecule is CN(C(=O)C(CC(=O)O)Cc1ccccc1)c1nc(-c2cc(F)ccc2-c2cnc3c(ccn3C)c2)c(F)s1. The van der Waals surface area contributed by atoms with Crippen molar-refractivity contribution in [2.45, 2.75) is 12.8 Å². The van der Waals surface area contributed by atoms with Gasteiger partial charge in [-0.05, 0) is 41.8 Å². The van der Waals surface area contributed by atoms with Crippen LogP contribution >= 0.6 is 11.3 Å². The predicted octanol–water partition coefficient (Wildman–Crippen LogP) is 5.94. The lowest BCUT2D eigenvalue weighted by Crippen LogP contribution is -2.35. The number of fused-ring (bicyclic) bond motifs is 1. The molecule has 0 aliphatic heterocycles. The first-order chi connectivity index (χ1) is 18.7. The first-order valence-electron chi connectivity index (χ1n) is 12.1. The Morgan fingerprint density at radius 1 is 1.08 bits per heavy atom. The summed E-state index contributed by atoms with van der Waals surface area (Å²) in [6, 6.07) is 16.9. The summed E-state index contributed by atoms with van der Waals surface area (Å²) in [4.78, 5) is 34.9. The molecule has 2 aromatic carbocycles. The molecule has 3 heterocycles. The molecule has 5 aromatic rings. The van der Waals surface area contributed by atoms with E-state index in [1.807, 2.05) is 60.3 Å². The van der Waals surface area contributed by atoms with E-state index in [0.29, 0.717) is 22.5 Å². The lowest BCUT2D eigenvalue weighted by Gasteiger charge is -2.21. The number of aliphatic carboxylic acids is 1. The van der Waals surface area contributed by atoms with E-state index in [1.54, 1.807) is 12.3 Å². The highest BCUT2D eigenvalue weighted by atomic mass is 32.1. The Hall–Kier alpha value is -4.44. The van der Waals surface area contributed by atoms with Crippen molar-refractivity contribution < 1.29 is 23.5 Å². The van der Waals surface area contributed by atoms with Crippen molar-refractivity contribution in [3.8, 4) is 22.4 Å². The maximum Gasteiger partial charge on any atom is 0.304 e. The number of carboxylic acids is 1. The molecule has 0 saturated heterocycles. The number of anilines is 1. The number of nitrogens with zero attached hydrogens (tertiary/aromatic N) is 4. The van der Waals surface area contributed by atoms with E-state index in [9.17, 15) is 19.1 Å². The lowest BCUT2D eigenvalue weighted by atomic mass is 9.95. The summed E-state index contributed by atoms with van der Waals surface area (Å²) >= 11 is 0.642. The number of aryl methyl sites for hydroxylation is 1. The number of rotatable bonds is 8. The molecule has 0 bridgehead atoms. The van der Waals surface area contributed by atoms with Crippen LogP contribution in [0.25, 0.3) is 33.4 Å². The zero-order valence-electron chi connectivity index (χ0n) is 21.1. The molecule has 1 amide bonds. The molecule has 7 nitrogen and oxygen atoms in total. The summed E-state index contributed by atoms with van der Waals surface area (Å²) < 4.78 is 31.6. The lowest BCUT2D eigenvalue weighted by molar-refractivity contribution is -0.140. The molecule has 0 saturated carbocycles. The molecule has 39 heavy (non-hydrogen) atoms. The number of hydrogen-bond acceptors (Lipinski definition) is 5. The van der Waals surface area contributed by atoms with Gasteiger partial charge in [0, 0.05) is 43.0 Å². The average molecular weight is 547 g/mol. The molecule has 0 aliphatic rings. The van der Waals surface area contributed by atoms with Crippen LogP contribution in [0.4, 0.5) is 13.9 Å². The number of carboxylic acid groups (broad SMARTS) is 1. The van der Waals surface area contributed by atoms with E-state index in [4.69, 9.17) is 0 Å². The van der Waals surface area contributed by atoms with Gasteiger partial charge < -0.3 is 9.67 Å². The Morgan fingerprint density at radius 2 is 1.85 bits per heavy atom. The smallest absolute Gasteiger partial charge is 0.304 e. The summed E-state index contributed by atoms with van der Waals surface area (Å²) in [5, 5.41) is 9.63. The van der Waals surface area contributed by atoms with Gasteiger partial charge in [-0.15, -0.1) is 0 Å². The molecule has 1 unspecified atom stereocenters. The van der Waals surface area contributed by atoms with Crippen molar-refractivity contribution >= 4 is 39.4 Å². The Kier molecular flexibility index (Phi) is 7.21. The first-order valence-corrected chi connectivity index (χ1v) is 12.9. The van der Waals surface area contributed by atoms with E-state index in [2.05, 4.69) is 9.97 Å². The van der Waals surface area contributed by atoms with Crippen LogP contribution in [0.3, 0.4) is 0 Å². The fourth-order valence-corrected chi connectivity index (χ4v) is 5.37. The number of carbonyl (C=O) groups excluding carboxylic acids is 1. The Bertz CT molecular complexity index is 1680. The minimum absolute atomic E-state index is 0.0443. The molecule has 198 valence electrons. The fraction of sp³-hybridized carbons (Fsp3) is 0.172. The summed E-state index contributed by atoms with van der Waals surface area (Å²) in [6.45, 7) is 0. The number of pyridine rings is 1. The van der Waals surface area contributed by atoms with Crippen LogP contribution in [-0.2, 0) is 23.1 Å². The number of amides is 1. The minimum Gasteiger partial charge on any atom is -0.481 e. The van der Waals surface area contributed by atoms with Crippen LogP contribution in [0.1, 0.15) is 12.0 Å². The Morgan fingerprint density at radius 3 is 2.59 bits per heavy atom. The summed E-state index contributed by atoms with van der Waals surface area (Å²) in [5.74, 6) is -3.05. The zero-order chi connectivity index (χ0) is 27.7. The second kappa shape index (κ2) is 10.7. The quantitative estimate of drug-likeness (QED) is 0.260. The Balaban J connectivity index is 1.49. The van der Waals surface area contributed by atoms with Crippen LogP contribution in [-0.4, -0.2) is 38.6 Å². The zero-order valence-corrected chi connectivity index (χ0v) is 22.0. The highest BCUT2D eigenvalue weighted by Gasteiger charge is 2.29. The molecule has 0 radical (unpaired) electrons.